The van der Waals surface area contributed by atoms with Crippen molar-refractivity contribution in [1.29, 1.82) is 0 Å². The molecule has 2 heteroatoms. The molecule has 3 rings (SSSR count). The summed E-state index contributed by atoms with van der Waals surface area (Å²) in [5.41, 5.74) is 6.17. The van der Waals surface area contributed by atoms with Gasteiger partial charge in [0.2, 0.25) is 0 Å². The highest BCUT2D eigenvalue weighted by molar-refractivity contribution is 5.58. The fraction of sp³-hybridized carbons (Fsp3) is 0.438. The highest BCUT2D eigenvalue weighted by Gasteiger charge is 2.37. The van der Waals surface area contributed by atoms with Gasteiger partial charge in [-0.25, -0.2) is 0 Å². The van der Waals surface area contributed by atoms with Crippen molar-refractivity contribution in [2.24, 2.45) is 0 Å². The van der Waals surface area contributed by atoms with Gasteiger partial charge in [-0.2, -0.15) is 0 Å². The van der Waals surface area contributed by atoms with E-state index in [1.54, 1.807) is 0 Å². The van der Waals surface area contributed by atoms with E-state index in [-0.39, 0.29) is 16.2 Å². The largest absolute Gasteiger partial charge is 0.384 e. The zero-order chi connectivity index (χ0) is 25.5. The molecule has 3 aromatic carbocycles. The molecule has 0 aliphatic rings. The molecule has 0 fully saturated rings. The molecule has 0 aliphatic heterocycles. The maximum atomic E-state index is 11.9. The van der Waals surface area contributed by atoms with Gasteiger partial charge < -0.3 is 10.2 Å². The Morgan fingerprint density at radius 2 is 0.824 bits per heavy atom. The Bertz CT molecular complexity index is 1030. The predicted molar refractivity (Wildman–Crippen MR) is 144 cm³/mol. The Balaban J connectivity index is 2.54. The molecule has 0 radical (unpaired) electrons. The number of hydrogen-bond donors (Lipinski definition) is 2. The highest BCUT2D eigenvalue weighted by Crippen LogP contribution is 2.48. The average Bonchev–Trinajstić information content (AvgIpc) is 2.76. The van der Waals surface area contributed by atoms with E-state index in [0.717, 1.165) is 38.9 Å². The van der Waals surface area contributed by atoms with E-state index in [9.17, 15) is 10.2 Å². The molecular weight excluding hydrogens is 416 g/mol. The minimum Gasteiger partial charge on any atom is -0.384 e. The molecule has 2 nitrogen and oxygen atoms in total. The monoisotopic (exact) mass is 458 g/mol. The van der Waals surface area contributed by atoms with Gasteiger partial charge in [0.25, 0.3) is 0 Å². The molecule has 0 amide bonds. The number of hydrogen-bond acceptors (Lipinski definition) is 2. The van der Waals surface area contributed by atoms with Gasteiger partial charge in [0.15, 0.2) is 0 Å². The summed E-state index contributed by atoms with van der Waals surface area (Å²) in [6.07, 6.45) is -1.58. The highest BCUT2D eigenvalue weighted by atomic mass is 16.3. The summed E-state index contributed by atoms with van der Waals surface area (Å²) in [4.78, 5) is 0. The van der Waals surface area contributed by atoms with Crippen LogP contribution in [0.2, 0.25) is 0 Å². The third-order valence-corrected chi connectivity index (χ3v) is 6.55. The van der Waals surface area contributed by atoms with Crippen molar-refractivity contribution in [1.82, 2.24) is 0 Å². The standard InChI is InChI=1S/C32H42O2/c1-30(2,3)23-20-24(31(4,5)6)26(29(34)22-18-14-11-15-19-22)27(32(7,8)9)25(23)28(33)21-16-12-10-13-17-21/h10-20,28-29,33-34H,1-9H3/t28-,29-/m1/s1. The van der Waals surface area contributed by atoms with Gasteiger partial charge in [-0.15, -0.1) is 0 Å². The van der Waals surface area contributed by atoms with Gasteiger partial charge in [0.05, 0.1) is 0 Å². The van der Waals surface area contributed by atoms with Crippen LogP contribution in [0.4, 0.5) is 0 Å². The molecule has 0 saturated heterocycles. The summed E-state index contributed by atoms with van der Waals surface area (Å²) in [6, 6.07) is 22.0. The summed E-state index contributed by atoms with van der Waals surface area (Å²) in [5, 5.41) is 23.7. The lowest BCUT2D eigenvalue weighted by molar-refractivity contribution is 0.204. The van der Waals surface area contributed by atoms with Crippen LogP contribution < -0.4 is 0 Å². The van der Waals surface area contributed by atoms with E-state index in [0.29, 0.717) is 0 Å². The average molecular weight is 459 g/mol. The van der Waals surface area contributed by atoms with Crippen molar-refractivity contribution in [2.45, 2.75) is 90.8 Å². The Kier molecular flexibility index (Phi) is 7.18. The van der Waals surface area contributed by atoms with Crippen molar-refractivity contribution < 1.29 is 10.2 Å². The Labute approximate surface area is 206 Å². The number of benzene rings is 3. The number of aliphatic hydroxyl groups excluding tert-OH is 2. The summed E-state index contributed by atoms with van der Waals surface area (Å²) in [7, 11) is 0. The normalized spacial score (nSPS) is 14.7. The third-order valence-electron chi connectivity index (χ3n) is 6.55. The summed E-state index contributed by atoms with van der Waals surface area (Å²) < 4.78 is 0. The Morgan fingerprint density at radius 1 is 0.500 bits per heavy atom. The summed E-state index contributed by atoms with van der Waals surface area (Å²) >= 11 is 0. The SMILES string of the molecule is CC(C)(C)c1cc(C(C)(C)C)c([C@H](O)c2ccccc2)c(C(C)(C)C)c1[C@H](O)c1ccccc1. The van der Waals surface area contributed by atoms with Crippen LogP contribution in [0.25, 0.3) is 0 Å². The van der Waals surface area contributed by atoms with E-state index >= 15 is 0 Å². The minimum atomic E-state index is -0.791. The summed E-state index contributed by atoms with van der Waals surface area (Å²) in [5.74, 6) is 0. The van der Waals surface area contributed by atoms with Crippen molar-refractivity contribution in [3.8, 4) is 0 Å². The van der Waals surface area contributed by atoms with E-state index in [1.807, 2.05) is 60.7 Å². The van der Waals surface area contributed by atoms with Gasteiger partial charge >= 0.3 is 0 Å². The first-order chi connectivity index (χ1) is 15.6. The van der Waals surface area contributed by atoms with Crippen LogP contribution in [0, 0.1) is 0 Å². The molecule has 2 N–H and O–H groups in total. The van der Waals surface area contributed by atoms with Crippen LogP contribution in [-0.4, -0.2) is 10.2 Å². The fourth-order valence-corrected chi connectivity index (χ4v) is 4.94. The quantitative estimate of drug-likeness (QED) is 0.420. The molecule has 34 heavy (non-hydrogen) atoms. The van der Waals surface area contributed by atoms with Crippen LogP contribution >= 0.6 is 0 Å². The predicted octanol–water partition coefficient (Wildman–Crippen LogP) is 7.74. The van der Waals surface area contributed by atoms with Crippen molar-refractivity contribution in [3.63, 3.8) is 0 Å². The molecule has 0 aromatic heterocycles. The Morgan fingerprint density at radius 3 is 1.09 bits per heavy atom. The lowest BCUT2D eigenvalue weighted by Gasteiger charge is -2.39. The van der Waals surface area contributed by atoms with Crippen LogP contribution in [-0.2, 0) is 16.2 Å². The molecule has 182 valence electrons. The minimum absolute atomic E-state index is 0.193. The second-order valence-corrected chi connectivity index (χ2v) is 12.6. The number of rotatable bonds is 4. The van der Waals surface area contributed by atoms with Gasteiger partial charge in [-0.3, -0.25) is 0 Å². The molecule has 0 aliphatic carbocycles. The molecule has 0 bridgehead atoms. The van der Waals surface area contributed by atoms with Crippen LogP contribution in [0.5, 0.6) is 0 Å². The van der Waals surface area contributed by atoms with Gasteiger partial charge in [0, 0.05) is 0 Å². The van der Waals surface area contributed by atoms with Gasteiger partial charge in [-0.1, -0.05) is 129 Å². The lowest BCUT2D eigenvalue weighted by Crippen LogP contribution is -2.30. The molecule has 2 atom stereocenters. The lowest BCUT2D eigenvalue weighted by atomic mass is 9.66. The molecule has 0 spiro atoms. The van der Waals surface area contributed by atoms with E-state index in [2.05, 4.69) is 68.4 Å². The van der Waals surface area contributed by atoms with E-state index in [4.69, 9.17) is 0 Å². The fourth-order valence-electron chi connectivity index (χ4n) is 4.94. The van der Waals surface area contributed by atoms with Gasteiger partial charge in [0.1, 0.15) is 12.2 Å². The maximum absolute atomic E-state index is 11.9. The van der Waals surface area contributed by atoms with Crippen LogP contribution in [0.3, 0.4) is 0 Å². The van der Waals surface area contributed by atoms with Crippen LogP contribution in [0.1, 0.15) is 113 Å². The van der Waals surface area contributed by atoms with Gasteiger partial charge in [-0.05, 0) is 55.2 Å². The first kappa shape index (κ1) is 26.2. The van der Waals surface area contributed by atoms with E-state index < -0.39 is 12.2 Å². The van der Waals surface area contributed by atoms with Crippen LogP contribution in [0.15, 0.2) is 66.7 Å². The Hall–Kier alpha value is -2.42. The zero-order valence-electron chi connectivity index (χ0n) is 22.4. The molecule has 0 unspecified atom stereocenters. The smallest absolute Gasteiger partial charge is 0.105 e. The van der Waals surface area contributed by atoms with Crippen molar-refractivity contribution in [3.05, 3.63) is 106 Å². The molecular formula is C32H42O2. The molecule has 0 heterocycles. The molecule has 3 aromatic rings. The van der Waals surface area contributed by atoms with Crippen molar-refractivity contribution in [2.75, 3.05) is 0 Å². The first-order valence-corrected chi connectivity index (χ1v) is 12.3. The maximum Gasteiger partial charge on any atom is 0.105 e. The second-order valence-electron chi connectivity index (χ2n) is 12.6. The summed E-state index contributed by atoms with van der Waals surface area (Å²) in [6.45, 7) is 19.8. The topological polar surface area (TPSA) is 40.5 Å². The zero-order valence-corrected chi connectivity index (χ0v) is 22.4. The first-order valence-electron chi connectivity index (χ1n) is 12.3. The number of aliphatic hydroxyl groups is 2. The third kappa shape index (κ3) is 5.29. The molecule has 0 saturated carbocycles. The van der Waals surface area contributed by atoms with E-state index in [1.165, 1.54) is 0 Å². The second kappa shape index (κ2) is 9.32. The van der Waals surface area contributed by atoms with Crippen molar-refractivity contribution >= 4 is 0 Å².